The van der Waals surface area contributed by atoms with E-state index in [4.69, 9.17) is 0 Å². The standard InChI is InChI=1S/C20H25FN2O/c1-20(2,17-10-12-18(21)13-11-17)15-23-19(24)22-14-6-9-16-7-4-3-5-8-16/h3-5,7-8,10-13H,6,9,14-15H2,1-2H3,(H2,22,23,24). The minimum atomic E-state index is -0.255. The Labute approximate surface area is 143 Å². The Kier molecular flexibility index (Phi) is 6.36. The zero-order chi connectivity index (χ0) is 17.4. The van der Waals surface area contributed by atoms with Crippen LogP contribution in [0.2, 0.25) is 0 Å². The third kappa shape index (κ3) is 5.69. The molecule has 4 heteroatoms. The maximum absolute atomic E-state index is 13.0. The Morgan fingerprint density at radius 3 is 2.33 bits per heavy atom. The molecule has 0 atom stereocenters. The fraction of sp³-hybridized carbons (Fsp3) is 0.350. The van der Waals surface area contributed by atoms with Crippen molar-refractivity contribution in [2.45, 2.75) is 32.1 Å². The molecule has 0 aliphatic rings. The van der Waals surface area contributed by atoms with Crippen LogP contribution >= 0.6 is 0 Å². The lowest BCUT2D eigenvalue weighted by Crippen LogP contribution is -2.42. The van der Waals surface area contributed by atoms with Gasteiger partial charge in [0.05, 0.1) is 0 Å². The van der Waals surface area contributed by atoms with Crippen molar-refractivity contribution in [1.29, 1.82) is 0 Å². The minimum Gasteiger partial charge on any atom is -0.338 e. The number of aryl methyl sites for hydroxylation is 1. The van der Waals surface area contributed by atoms with Crippen LogP contribution in [0.5, 0.6) is 0 Å². The van der Waals surface area contributed by atoms with Crippen LogP contribution in [0.4, 0.5) is 9.18 Å². The van der Waals surface area contributed by atoms with Gasteiger partial charge in [-0.1, -0.05) is 56.3 Å². The van der Waals surface area contributed by atoms with Gasteiger partial charge in [-0.15, -0.1) is 0 Å². The van der Waals surface area contributed by atoms with E-state index in [9.17, 15) is 9.18 Å². The summed E-state index contributed by atoms with van der Waals surface area (Å²) in [6.07, 6.45) is 1.85. The molecule has 2 N–H and O–H groups in total. The molecule has 0 aromatic heterocycles. The quantitative estimate of drug-likeness (QED) is 0.740. The molecule has 2 rings (SSSR count). The van der Waals surface area contributed by atoms with E-state index in [0.29, 0.717) is 13.1 Å². The van der Waals surface area contributed by atoms with Gasteiger partial charge >= 0.3 is 6.03 Å². The van der Waals surface area contributed by atoms with Crippen LogP contribution in [0.25, 0.3) is 0 Å². The third-order valence-electron chi connectivity index (χ3n) is 4.09. The largest absolute Gasteiger partial charge is 0.338 e. The summed E-state index contributed by atoms with van der Waals surface area (Å²) in [6.45, 7) is 5.17. The summed E-state index contributed by atoms with van der Waals surface area (Å²) in [4.78, 5) is 11.9. The van der Waals surface area contributed by atoms with Crippen molar-refractivity contribution in [3.8, 4) is 0 Å². The molecule has 3 nitrogen and oxygen atoms in total. The molecular weight excluding hydrogens is 303 g/mol. The predicted octanol–water partition coefficient (Wildman–Crippen LogP) is 4.04. The van der Waals surface area contributed by atoms with E-state index < -0.39 is 0 Å². The normalized spacial score (nSPS) is 11.1. The third-order valence-corrected chi connectivity index (χ3v) is 4.09. The molecule has 0 spiro atoms. The maximum Gasteiger partial charge on any atom is 0.314 e. The molecule has 2 amide bonds. The van der Waals surface area contributed by atoms with Gasteiger partial charge in [0.15, 0.2) is 0 Å². The molecule has 0 saturated heterocycles. The van der Waals surface area contributed by atoms with Crippen LogP contribution in [0, 0.1) is 5.82 Å². The Morgan fingerprint density at radius 1 is 1.00 bits per heavy atom. The number of hydrogen-bond acceptors (Lipinski definition) is 1. The number of hydrogen-bond donors (Lipinski definition) is 2. The second-order valence-corrected chi connectivity index (χ2v) is 6.59. The molecule has 0 saturated carbocycles. The van der Waals surface area contributed by atoms with Gasteiger partial charge in [0, 0.05) is 18.5 Å². The first-order valence-corrected chi connectivity index (χ1v) is 8.29. The molecule has 128 valence electrons. The van der Waals surface area contributed by atoms with Crippen LogP contribution < -0.4 is 10.6 Å². The highest BCUT2D eigenvalue weighted by Gasteiger charge is 2.21. The summed E-state index contributed by atoms with van der Waals surface area (Å²) in [5.41, 5.74) is 2.01. The number of urea groups is 1. The zero-order valence-corrected chi connectivity index (χ0v) is 14.3. The summed E-state index contributed by atoms with van der Waals surface area (Å²) in [5, 5.41) is 5.77. The molecule has 0 unspecified atom stereocenters. The minimum absolute atomic E-state index is 0.168. The van der Waals surface area contributed by atoms with Crippen LogP contribution in [0.15, 0.2) is 54.6 Å². The molecule has 2 aromatic rings. The van der Waals surface area contributed by atoms with Gasteiger partial charge in [-0.2, -0.15) is 0 Å². The first kappa shape index (κ1) is 18.0. The van der Waals surface area contributed by atoms with Crippen molar-refractivity contribution in [2.75, 3.05) is 13.1 Å². The summed E-state index contributed by atoms with van der Waals surface area (Å²) in [5.74, 6) is -0.251. The molecule has 0 bridgehead atoms. The lowest BCUT2D eigenvalue weighted by Gasteiger charge is -2.25. The molecule has 2 aromatic carbocycles. The predicted molar refractivity (Wildman–Crippen MR) is 95.6 cm³/mol. The summed E-state index contributed by atoms with van der Waals surface area (Å²) >= 11 is 0. The van der Waals surface area contributed by atoms with Crippen molar-refractivity contribution in [3.05, 3.63) is 71.5 Å². The van der Waals surface area contributed by atoms with Gasteiger partial charge in [0.25, 0.3) is 0 Å². The lowest BCUT2D eigenvalue weighted by atomic mass is 9.84. The van der Waals surface area contributed by atoms with Gasteiger partial charge in [-0.05, 0) is 36.1 Å². The zero-order valence-electron chi connectivity index (χ0n) is 14.3. The van der Waals surface area contributed by atoms with Crippen LogP contribution in [-0.4, -0.2) is 19.1 Å². The highest BCUT2D eigenvalue weighted by molar-refractivity contribution is 5.73. The Balaban J connectivity index is 1.69. The Bertz CT molecular complexity index is 638. The van der Waals surface area contributed by atoms with Crippen LogP contribution in [0.3, 0.4) is 0 Å². The van der Waals surface area contributed by atoms with Gasteiger partial charge < -0.3 is 10.6 Å². The van der Waals surface area contributed by atoms with E-state index >= 15 is 0 Å². The maximum atomic E-state index is 13.0. The number of nitrogens with one attached hydrogen (secondary N) is 2. The van der Waals surface area contributed by atoms with E-state index in [1.54, 1.807) is 12.1 Å². The smallest absolute Gasteiger partial charge is 0.314 e. The monoisotopic (exact) mass is 328 g/mol. The van der Waals surface area contributed by atoms with Crippen LogP contribution in [0.1, 0.15) is 31.4 Å². The van der Waals surface area contributed by atoms with Gasteiger partial charge in [-0.3, -0.25) is 0 Å². The molecule has 24 heavy (non-hydrogen) atoms. The molecule has 0 radical (unpaired) electrons. The Hall–Kier alpha value is -2.36. The SMILES string of the molecule is CC(C)(CNC(=O)NCCCc1ccccc1)c1ccc(F)cc1. The van der Waals surface area contributed by atoms with E-state index in [-0.39, 0.29) is 17.3 Å². The van der Waals surface area contributed by atoms with Gasteiger partial charge in [0.1, 0.15) is 5.82 Å². The second-order valence-electron chi connectivity index (χ2n) is 6.59. The van der Waals surface area contributed by atoms with E-state index in [0.717, 1.165) is 18.4 Å². The topological polar surface area (TPSA) is 41.1 Å². The van der Waals surface area contributed by atoms with Crippen molar-refractivity contribution in [3.63, 3.8) is 0 Å². The van der Waals surface area contributed by atoms with Crippen molar-refractivity contribution in [2.24, 2.45) is 0 Å². The van der Waals surface area contributed by atoms with Crippen LogP contribution in [-0.2, 0) is 11.8 Å². The average Bonchev–Trinajstić information content (AvgIpc) is 2.58. The van der Waals surface area contributed by atoms with Gasteiger partial charge in [0.2, 0.25) is 0 Å². The highest BCUT2D eigenvalue weighted by Crippen LogP contribution is 2.22. The van der Waals surface area contributed by atoms with Crippen molar-refractivity contribution >= 4 is 6.03 Å². The molecule has 0 aliphatic heterocycles. The molecule has 0 aliphatic carbocycles. The highest BCUT2D eigenvalue weighted by atomic mass is 19.1. The molecule has 0 fully saturated rings. The summed E-state index contributed by atoms with van der Waals surface area (Å²) < 4.78 is 13.0. The average molecular weight is 328 g/mol. The fourth-order valence-electron chi connectivity index (χ4n) is 2.51. The van der Waals surface area contributed by atoms with Crippen molar-refractivity contribution < 1.29 is 9.18 Å². The lowest BCUT2D eigenvalue weighted by molar-refractivity contribution is 0.238. The molecular formula is C20H25FN2O. The number of benzene rings is 2. The van der Waals surface area contributed by atoms with E-state index in [1.807, 2.05) is 32.0 Å². The summed E-state index contributed by atoms with van der Waals surface area (Å²) in [6, 6.07) is 16.5. The second kappa shape index (κ2) is 8.48. The molecule has 0 heterocycles. The number of halogens is 1. The Morgan fingerprint density at radius 2 is 1.67 bits per heavy atom. The van der Waals surface area contributed by atoms with Gasteiger partial charge in [-0.25, -0.2) is 9.18 Å². The first-order valence-electron chi connectivity index (χ1n) is 8.29. The fourth-order valence-corrected chi connectivity index (χ4v) is 2.51. The number of rotatable bonds is 7. The van der Waals surface area contributed by atoms with E-state index in [1.165, 1.54) is 17.7 Å². The van der Waals surface area contributed by atoms with Crippen molar-refractivity contribution in [1.82, 2.24) is 10.6 Å². The number of carbonyl (C=O) groups excluding carboxylic acids is 1. The first-order chi connectivity index (χ1) is 11.5. The number of carbonyl (C=O) groups is 1. The van der Waals surface area contributed by atoms with E-state index in [2.05, 4.69) is 22.8 Å². The number of amides is 2. The summed E-state index contributed by atoms with van der Waals surface area (Å²) in [7, 11) is 0.